The number of hydrogen-bond acceptors (Lipinski definition) is 6. The highest BCUT2D eigenvalue weighted by Gasteiger charge is 2.16. The lowest BCUT2D eigenvalue weighted by molar-refractivity contribution is -0.384. The average Bonchev–Trinajstić information content (AvgIpc) is 2.46. The first kappa shape index (κ1) is 15.2. The van der Waals surface area contributed by atoms with Crippen LogP contribution in [0.25, 0.3) is 0 Å². The Hall–Kier alpha value is -2.19. The molecule has 0 aromatic heterocycles. The van der Waals surface area contributed by atoms with E-state index in [1.54, 1.807) is 0 Å². The third-order valence-corrected chi connectivity index (χ3v) is 3.25. The van der Waals surface area contributed by atoms with E-state index in [-0.39, 0.29) is 11.4 Å². The minimum atomic E-state index is -1.43. The lowest BCUT2D eigenvalue weighted by atomic mass is 10.1. The number of nitro groups is 1. The average molecular weight is 296 g/mol. The topological polar surface area (TPSA) is 102 Å². The number of ether oxygens (including phenoxy) is 2. The number of carboxylic acid groups (broad SMARTS) is 1. The first-order valence-electron chi connectivity index (χ1n) is 6.54. The molecule has 0 spiro atoms. The summed E-state index contributed by atoms with van der Waals surface area (Å²) in [6, 6.07) is 3.91. The Morgan fingerprint density at radius 1 is 1.43 bits per heavy atom. The Balaban J connectivity index is 2.10. The fraction of sp³-hybridized carbons (Fsp3) is 0.462. The number of carbonyl (C=O) groups is 1. The maximum Gasteiger partial charge on any atom is 0.511 e. The molecule has 0 unspecified atom stereocenters. The van der Waals surface area contributed by atoms with Crippen LogP contribution in [0.15, 0.2) is 18.2 Å². The van der Waals surface area contributed by atoms with Crippen LogP contribution in [0.2, 0.25) is 0 Å². The second kappa shape index (κ2) is 7.00. The largest absolute Gasteiger partial charge is 0.511 e. The van der Waals surface area contributed by atoms with Gasteiger partial charge in [-0.25, -0.2) is 4.79 Å². The highest BCUT2D eigenvalue weighted by molar-refractivity contribution is 5.62. The van der Waals surface area contributed by atoms with Crippen LogP contribution in [0.5, 0.6) is 5.75 Å². The van der Waals surface area contributed by atoms with Crippen molar-refractivity contribution in [1.82, 2.24) is 4.90 Å². The molecule has 1 aliphatic heterocycles. The van der Waals surface area contributed by atoms with Crippen molar-refractivity contribution in [3.63, 3.8) is 0 Å². The first-order chi connectivity index (χ1) is 10.1. The predicted molar refractivity (Wildman–Crippen MR) is 72.7 cm³/mol. The molecule has 1 aromatic rings. The van der Waals surface area contributed by atoms with Crippen LogP contribution in [0.3, 0.4) is 0 Å². The van der Waals surface area contributed by atoms with Gasteiger partial charge in [0.05, 0.1) is 18.1 Å². The molecule has 114 valence electrons. The zero-order chi connectivity index (χ0) is 15.2. The maximum atomic E-state index is 10.8. The summed E-state index contributed by atoms with van der Waals surface area (Å²) in [6.45, 7) is 3.58. The zero-order valence-electron chi connectivity index (χ0n) is 11.4. The molecule has 0 amide bonds. The minimum absolute atomic E-state index is 0.0790. The molecule has 8 nitrogen and oxygen atoms in total. The third kappa shape index (κ3) is 4.40. The molecule has 1 N–H and O–H groups in total. The first-order valence-corrected chi connectivity index (χ1v) is 6.54. The van der Waals surface area contributed by atoms with Gasteiger partial charge in [-0.15, -0.1) is 0 Å². The van der Waals surface area contributed by atoms with E-state index in [0.717, 1.165) is 13.1 Å². The van der Waals surface area contributed by atoms with E-state index >= 15 is 0 Å². The van der Waals surface area contributed by atoms with Crippen molar-refractivity contribution in [3.8, 4) is 5.75 Å². The highest BCUT2D eigenvalue weighted by atomic mass is 16.7. The van der Waals surface area contributed by atoms with E-state index in [9.17, 15) is 14.9 Å². The summed E-state index contributed by atoms with van der Waals surface area (Å²) in [5.74, 6) is 0.140. The molecule has 1 aromatic carbocycles. The van der Waals surface area contributed by atoms with E-state index in [4.69, 9.17) is 9.84 Å². The lowest BCUT2D eigenvalue weighted by Crippen LogP contribution is -2.37. The molecule has 0 bridgehead atoms. The molecule has 21 heavy (non-hydrogen) atoms. The summed E-state index contributed by atoms with van der Waals surface area (Å²) >= 11 is 0. The fourth-order valence-corrected chi connectivity index (χ4v) is 2.17. The normalized spacial score (nSPS) is 15.6. The molecule has 0 aliphatic carbocycles. The van der Waals surface area contributed by atoms with Gasteiger partial charge in [0, 0.05) is 37.3 Å². The Kier molecular flexibility index (Phi) is 5.07. The molecule has 1 heterocycles. The van der Waals surface area contributed by atoms with E-state index in [1.165, 1.54) is 18.2 Å². The molecule has 8 heteroatoms. The van der Waals surface area contributed by atoms with Gasteiger partial charge in [-0.05, 0) is 12.5 Å². The van der Waals surface area contributed by atoms with Gasteiger partial charge in [-0.1, -0.05) is 0 Å². The summed E-state index contributed by atoms with van der Waals surface area (Å²) in [5.41, 5.74) is 0.433. The molecule has 0 atom stereocenters. The standard InChI is InChI=1S/C13H16N2O6/c16-13(17)21-12-2-1-11(15(18)19)9-10(12)3-4-14-5-7-20-8-6-14/h1-2,9H,3-8H2,(H,16,17). The SMILES string of the molecule is O=C(O)Oc1ccc([N+](=O)[O-])cc1CCN1CCOCC1. The van der Waals surface area contributed by atoms with Crippen molar-refractivity contribution in [3.05, 3.63) is 33.9 Å². The summed E-state index contributed by atoms with van der Waals surface area (Å²) in [7, 11) is 0. The summed E-state index contributed by atoms with van der Waals surface area (Å²) in [4.78, 5) is 23.1. The smallest absolute Gasteiger partial charge is 0.449 e. The highest BCUT2D eigenvalue weighted by Crippen LogP contribution is 2.25. The van der Waals surface area contributed by atoms with Crippen molar-refractivity contribution in [2.75, 3.05) is 32.8 Å². The molecule has 0 radical (unpaired) electrons. The van der Waals surface area contributed by atoms with Crippen molar-refractivity contribution in [1.29, 1.82) is 0 Å². The van der Waals surface area contributed by atoms with Crippen LogP contribution in [0.1, 0.15) is 5.56 Å². The van der Waals surface area contributed by atoms with Crippen molar-refractivity contribution in [2.45, 2.75) is 6.42 Å². The van der Waals surface area contributed by atoms with E-state index in [2.05, 4.69) is 9.64 Å². The molecule has 1 aliphatic rings. The number of hydrogen-bond donors (Lipinski definition) is 1. The summed E-state index contributed by atoms with van der Waals surface area (Å²) in [5, 5.41) is 19.5. The van der Waals surface area contributed by atoms with Crippen LogP contribution >= 0.6 is 0 Å². The van der Waals surface area contributed by atoms with Gasteiger partial charge in [0.2, 0.25) is 0 Å². The van der Waals surface area contributed by atoms with E-state index in [1.807, 2.05) is 0 Å². The summed E-state index contributed by atoms with van der Waals surface area (Å²) in [6.07, 6.45) is -0.957. The fourth-order valence-electron chi connectivity index (χ4n) is 2.17. The number of nitro benzene ring substituents is 1. The van der Waals surface area contributed by atoms with E-state index < -0.39 is 11.1 Å². The van der Waals surface area contributed by atoms with Crippen molar-refractivity contribution in [2.24, 2.45) is 0 Å². The Labute approximate surface area is 121 Å². The Morgan fingerprint density at radius 2 is 2.14 bits per heavy atom. The quantitative estimate of drug-likeness (QED) is 0.380. The van der Waals surface area contributed by atoms with Gasteiger partial charge in [0.25, 0.3) is 5.69 Å². The summed E-state index contributed by atoms with van der Waals surface area (Å²) < 4.78 is 9.92. The number of nitrogens with zero attached hydrogens (tertiary/aromatic N) is 2. The van der Waals surface area contributed by atoms with Crippen molar-refractivity contribution >= 4 is 11.8 Å². The zero-order valence-corrected chi connectivity index (χ0v) is 11.4. The number of non-ortho nitro benzene ring substituents is 1. The van der Waals surface area contributed by atoms with Crippen molar-refractivity contribution < 1.29 is 24.3 Å². The van der Waals surface area contributed by atoms with Crippen LogP contribution in [-0.2, 0) is 11.2 Å². The second-order valence-electron chi connectivity index (χ2n) is 4.62. The van der Waals surface area contributed by atoms with Crippen LogP contribution in [0, 0.1) is 10.1 Å². The number of morpholine rings is 1. The lowest BCUT2D eigenvalue weighted by Gasteiger charge is -2.26. The number of rotatable bonds is 5. The number of benzene rings is 1. The Morgan fingerprint density at radius 3 is 2.76 bits per heavy atom. The monoisotopic (exact) mass is 296 g/mol. The molecular formula is C13H16N2O6. The van der Waals surface area contributed by atoms with E-state index in [0.29, 0.717) is 31.7 Å². The van der Waals surface area contributed by atoms with Gasteiger partial charge in [0.15, 0.2) is 0 Å². The second-order valence-corrected chi connectivity index (χ2v) is 4.62. The maximum absolute atomic E-state index is 10.8. The van der Waals surface area contributed by atoms with Crippen LogP contribution in [0.4, 0.5) is 10.5 Å². The minimum Gasteiger partial charge on any atom is -0.449 e. The molecule has 0 saturated carbocycles. The van der Waals surface area contributed by atoms with Gasteiger partial charge in [-0.3, -0.25) is 15.0 Å². The van der Waals surface area contributed by atoms with Gasteiger partial charge in [-0.2, -0.15) is 0 Å². The Bertz CT molecular complexity index is 527. The third-order valence-electron chi connectivity index (χ3n) is 3.25. The molecular weight excluding hydrogens is 280 g/mol. The molecule has 2 rings (SSSR count). The molecule has 1 fully saturated rings. The molecule has 1 saturated heterocycles. The van der Waals surface area contributed by atoms with Gasteiger partial charge >= 0.3 is 6.16 Å². The van der Waals surface area contributed by atoms with Crippen LogP contribution in [-0.4, -0.2) is 53.9 Å². The van der Waals surface area contributed by atoms with Gasteiger partial charge < -0.3 is 14.6 Å². The van der Waals surface area contributed by atoms with Crippen LogP contribution < -0.4 is 4.74 Å². The predicted octanol–water partition coefficient (Wildman–Crippen LogP) is 1.53. The van der Waals surface area contributed by atoms with Gasteiger partial charge in [0.1, 0.15) is 5.75 Å².